The molecule has 0 unspecified atom stereocenters. The Kier molecular flexibility index (Phi) is 2.81. The number of carbonyl (C=O) groups is 1. The van der Waals surface area contributed by atoms with Crippen molar-refractivity contribution in [2.45, 2.75) is 6.92 Å². The van der Waals surface area contributed by atoms with Crippen LogP contribution < -0.4 is 11.4 Å². The molecule has 0 spiro atoms. The third-order valence-corrected chi connectivity index (χ3v) is 3.45. The van der Waals surface area contributed by atoms with Crippen LogP contribution >= 0.6 is 11.3 Å². The van der Waals surface area contributed by atoms with Gasteiger partial charge in [0, 0.05) is 13.2 Å². The summed E-state index contributed by atoms with van der Waals surface area (Å²) in [5, 5.41) is 1.88. The lowest BCUT2D eigenvalue weighted by Gasteiger charge is -2.06. The monoisotopic (exact) mass is 249 g/mol. The van der Waals surface area contributed by atoms with Crippen LogP contribution in [-0.2, 0) is 7.05 Å². The lowest BCUT2D eigenvalue weighted by Crippen LogP contribution is -2.25. The van der Waals surface area contributed by atoms with Crippen LogP contribution in [0.25, 0.3) is 10.6 Å². The largest absolute Gasteiger partial charge is 0.365 e. The first-order valence-electron chi connectivity index (χ1n) is 4.92. The molecule has 2 rings (SSSR count). The van der Waals surface area contributed by atoms with Gasteiger partial charge in [0.1, 0.15) is 5.69 Å². The Hall–Kier alpha value is -1.95. The fraction of sp³-hybridized carbons (Fsp3) is 0.182. The average molecular weight is 249 g/mol. The van der Waals surface area contributed by atoms with Gasteiger partial charge in [-0.3, -0.25) is 4.79 Å². The quantitative estimate of drug-likeness (QED) is 0.859. The number of hydrogen-bond acceptors (Lipinski definition) is 4. The van der Waals surface area contributed by atoms with Crippen molar-refractivity contribution in [3.63, 3.8) is 0 Å². The van der Waals surface area contributed by atoms with Crippen molar-refractivity contribution in [3.8, 4) is 10.6 Å². The molecule has 2 heterocycles. The molecule has 0 aliphatic carbocycles. The Bertz CT molecular complexity index is 642. The second kappa shape index (κ2) is 4.14. The first-order valence-corrected chi connectivity index (χ1v) is 5.80. The molecule has 17 heavy (non-hydrogen) atoms. The van der Waals surface area contributed by atoms with Crippen molar-refractivity contribution >= 4 is 17.2 Å². The van der Waals surface area contributed by atoms with E-state index in [1.165, 1.54) is 29.1 Å². The zero-order chi connectivity index (χ0) is 12.6. The van der Waals surface area contributed by atoms with Gasteiger partial charge in [-0.1, -0.05) is 0 Å². The molecule has 0 aromatic carbocycles. The van der Waals surface area contributed by atoms with Crippen LogP contribution in [-0.4, -0.2) is 15.5 Å². The van der Waals surface area contributed by atoms with Gasteiger partial charge in [0.25, 0.3) is 5.91 Å². The van der Waals surface area contributed by atoms with Crippen molar-refractivity contribution in [1.29, 1.82) is 0 Å². The Labute approximate surface area is 102 Å². The maximum absolute atomic E-state index is 11.5. The highest BCUT2D eigenvalue weighted by Crippen LogP contribution is 2.28. The van der Waals surface area contributed by atoms with Gasteiger partial charge in [-0.25, -0.2) is 4.79 Å². The van der Waals surface area contributed by atoms with Crippen LogP contribution in [0.4, 0.5) is 0 Å². The number of rotatable bonds is 2. The van der Waals surface area contributed by atoms with Crippen LogP contribution in [0.1, 0.15) is 15.9 Å². The number of primary amides is 1. The number of amides is 1. The summed E-state index contributed by atoms with van der Waals surface area (Å²) in [6.07, 6.45) is 1.42. The molecule has 0 aliphatic rings. The van der Waals surface area contributed by atoms with E-state index >= 15 is 0 Å². The molecule has 2 N–H and O–H groups in total. The van der Waals surface area contributed by atoms with Crippen molar-refractivity contribution in [1.82, 2.24) is 9.55 Å². The standard InChI is InChI=1S/C11H11N3O2S/c1-6-3-4-17-9(6)8-7(10(12)15)5-14(2)11(16)13-8/h3-5H,1-2H3,(H2,12,15). The predicted molar refractivity (Wildman–Crippen MR) is 66.0 cm³/mol. The second-order valence-electron chi connectivity index (χ2n) is 3.69. The highest BCUT2D eigenvalue weighted by Gasteiger charge is 2.16. The van der Waals surface area contributed by atoms with E-state index in [1.807, 2.05) is 18.4 Å². The molecule has 0 radical (unpaired) electrons. The number of aromatic nitrogens is 2. The van der Waals surface area contributed by atoms with E-state index in [9.17, 15) is 9.59 Å². The minimum atomic E-state index is -0.587. The third kappa shape index (κ3) is 1.99. The van der Waals surface area contributed by atoms with Crippen molar-refractivity contribution < 1.29 is 4.79 Å². The number of carbonyl (C=O) groups excluding carboxylic acids is 1. The molecule has 0 aliphatic heterocycles. The Morgan fingerprint density at radius 1 is 1.53 bits per heavy atom. The van der Waals surface area contributed by atoms with E-state index in [0.717, 1.165) is 10.4 Å². The molecule has 2 aromatic rings. The molecule has 88 valence electrons. The Balaban J connectivity index is 2.77. The highest BCUT2D eigenvalue weighted by atomic mass is 32.1. The van der Waals surface area contributed by atoms with E-state index < -0.39 is 11.6 Å². The van der Waals surface area contributed by atoms with Gasteiger partial charge in [0.15, 0.2) is 0 Å². The number of nitrogens with zero attached hydrogens (tertiary/aromatic N) is 2. The summed E-state index contributed by atoms with van der Waals surface area (Å²) in [4.78, 5) is 27.6. The maximum atomic E-state index is 11.5. The summed E-state index contributed by atoms with van der Waals surface area (Å²) in [6, 6.07) is 1.91. The van der Waals surface area contributed by atoms with E-state index in [4.69, 9.17) is 5.73 Å². The van der Waals surface area contributed by atoms with Crippen molar-refractivity contribution in [2.24, 2.45) is 12.8 Å². The topological polar surface area (TPSA) is 78.0 Å². The first-order chi connectivity index (χ1) is 8.00. The van der Waals surface area contributed by atoms with Crippen molar-refractivity contribution in [2.75, 3.05) is 0 Å². The summed E-state index contributed by atoms with van der Waals surface area (Å²) in [5.41, 5.74) is 6.50. The number of aryl methyl sites for hydroxylation is 2. The van der Waals surface area contributed by atoms with E-state index in [2.05, 4.69) is 4.98 Å². The average Bonchev–Trinajstić information content (AvgIpc) is 2.67. The molecule has 0 atom stereocenters. The van der Waals surface area contributed by atoms with Crippen LogP contribution in [0.5, 0.6) is 0 Å². The lowest BCUT2D eigenvalue weighted by molar-refractivity contribution is 0.1000. The summed E-state index contributed by atoms with van der Waals surface area (Å²) in [5.74, 6) is -0.587. The van der Waals surface area contributed by atoms with E-state index in [0.29, 0.717) is 5.69 Å². The van der Waals surface area contributed by atoms with E-state index in [-0.39, 0.29) is 5.56 Å². The third-order valence-electron chi connectivity index (χ3n) is 2.43. The summed E-state index contributed by atoms with van der Waals surface area (Å²) >= 11 is 1.43. The second-order valence-corrected chi connectivity index (χ2v) is 4.61. The summed E-state index contributed by atoms with van der Waals surface area (Å²) in [6.45, 7) is 1.90. The van der Waals surface area contributed by atoms with Crippen LogP contribution in [0.15, 0.2) is 22.4 Å². The highest BCUT2D eigenvalue weighted by molar-refractivity contribution is 7.13. The zero-order valence-electron chi connectivity index (χ0n) is 9.43. The van der Waals surface area contributed by atoms with Crippen molar-refractivity contribution in [3.05, 3.63) is 39.3 Å². The molecule has 6 heteroatoms. The van der Waals surface area contributed by atoms with Gasteiger partial charge < -0.3 is 10.3 Å². The minimum Gasteiger partial charge on any atom is -0.365 e. The van der Waals surface area contributed by atoms with Crippen LogP contribution in [0, 0.1) is 6.92 Å². The smallest absolute Gasteiger partial charge is 0.347 e. The molecule has 5 nitrogen and oxygen atoms in total. The van der Waals surface area contributed by atoms with E-state index in [1.54, 1.807) is 0 Å². The Morgan fingerprint density at radius 2 is 2.24 bits per heavy atom. The summed E-state index contributed by atoms with van der Waals surface area (Å²) in [7, 11) is 1.53. The maximum Gasteiger partial charge on any atom is 0.347 e. The molecule has 0 bridgehead atoms. The molecular weight excluding hydrogens is 238 g/mol. The number of nitrogens with two attached hydrogens (primary N) is 1. The van der Waals surface area contributed by atoms with Crippen LogP contribution in [0.3, 0.4) is 0 Å². The fourth-order valence-electron chi connectivity index (χ4n) is 1.51. The fourth-order valence-corrected chi connectivity index (χ4v) is 2.44. The summed E-state index contributed by atoms with van der Waals surface area (Å²) < 4.78 is 1.24. The number of thiophene rings is 1. The van der Waals surface area contributed by atoms with Gasteiger partial charge in [-0.15, -0.1) is 11.3 Å². The molecule has 2 aromatic heterocycles. The van der Waals surface area contributed by atoms with Crippen LogP contribution in [0.2, 0.25) is 0 Å². The first kappa shape index (κ1) is 11.5. The normalized spacial score (nSPS) is 10.5. The van der Waals surface area contributed by atoms with Gasteiger partial charge in [0.05, 0.1) is 10.4 Å². The molecule has 0 fully saturated rings. The zero-order valence-corrected chi connectivity index (χ0v) is 10.2. The lowest BCUT2D eigenvalue weighted by atomic mass is 10.1. The van der Waals surface area contributed by atoms with Gasteiger partial charge >= 0.3 is 5.69 Å². The molecule has 0 saturated carbocycles. The molecule has 0 saturated heterocycles. The minimum absolute atomic E-state index is 0.262. The Morgan fingerprint density at radius 3 is 2.76 bits per heavy atom. The van der Waals surface area contributed by atoms with Gasteiger partial charge in [-0.2, -0.15) is 4.98 Å². The molecule has 1 amide bonds. The SMILES string of the molecule is Cc1ccsc1-c1nc(=O)n(C)cc1C(N)=O. The number of hydrogen-bond donors (Lipinski definition) is 1. The van der Waals surface area contributed by atoms with Gasteiger partial charge in [0.2, 0.25) is 0 Å². The van der Waals surface area contributed by atoms with Gasteiger partial charge in [-0.05, 0) is 23.9 Å². The molecular formula is C11H11N3O2S. The predicted octanol–water partition coefficient (Wildman–Crippen LogP) is 0.916.